The molecule has 2 heterocycles. The van der Waals surface area contributed by atoms with Crippen LogP contribution in [0.15, 0.2) is 29.6 Å². The van der Waals surface area contributed by atoms with Gasteiger partial charge in [-0.1, -0.05) is 18.2 Å². The van der Waals surface area contributed by atoms with Crippen molar-refractivity contribution in [2.45, 2.75) is 12.8 Å². The van der Waals surface area contributed by atoms with Crippen LogP contribution in [0.5, 0.6) is 0 Å². The van der Waals surface area contributed by atoms with Gasteiger partial charge in [-0.2, -0.15) is 0 Å². The monoisotopic (exact) mass is 319 g/mol. The van der Waals surface area contributed by atoms with E-state index in [-0.39, 0.29) is 11.7 Å². The molecule has 1 aliphatic rings. The van der Waals surface area contributed by atoms with Crippen LogP contribution in [0.2, 0.25) is 0 Å². The van der Waals surface area contributed by atoms with E-state index in [1.807, 2.05) is 0 Å². The molecule has 22 heavy (non-hydrogen) atoms. The molecule has 1 fully saturated rings. The van der Waals surface area contributed by atoms with Gasteiger partial charge in [-0.05, 0) is 30.5 Å². The molecular weight excluding hydrogens is 301 g/mol. The van der Waals surface area contributed by atoms with Gasteiger partial charge in [-0.15, -0.1) is 11.3 Å². The van der Waals surface area contributed by atoms with Crippen molar-refractivity contribution < 1.29 is 9.18 Å². The summed E-state index contributed by atoms with van der Waals surface area (Å²) in [4.78, 5) is 18.6. The largest absolute Gasteiger partial charge is 0.337 e. The summed E-state index contributed by atoms with van der Waals surface area (Å²) < 4.78 is 13.7. The first-order valence-corrected chi connectivity index (χ1v) is 8.22. The number of nitrogens with zero attached hydrogens (tertiary/aromatic N) is 2. The maximum Gasteiger partial charge on any atom is 0.273 e. The SMILES string of the molecule is NCC1CCN(C(=O)c2csc(Cc3ccccc3F)n2)C1. The highest BCUT2D eigenvalue weighted by Crippen LogP contribution is 2.21. The zero-order valence-electron chi connectivity index (χ0n) is 12.2. The minimum atomic E-state index is -0.240. The van der Waals surface area contributed by atoms with Crippen LogP contribution < -0.4 is 5.73 Å². The average Bonchev–Trinajstić information content (AvgIpc) is 3.18. The lowest BCUT2D eigenvalue weighted by Gasteiger charge is -2.14. The standard InChI is InChI=1S/C16H18FN3OS/c17-13-4-2-1-3-12(13)7-15-19-14(10-22-15)16(21)20-6-5-11(8-18)9-20/h1-4,10-11H,5-9,18H2. The van der Waals surface area contributed by atoms with Crippen LogP contribution in [-0.2, 0) is 6.42 Å². The number of halogens is 1. The lowest BCUT2D eigenvalue weighted by Crippen LogP contribution is -2.30. The summed E-state index contributed by atoms with van der Waals surface area (Å²) in [5.41, 5.74) is 6.70. The molecular formula is C16H18FN3OS. The lowest BCUT2D eigenvalue weighted by atomic mass is 10.1. The fraction of sp³-hybridized carbons (Fsp3) is 0.375. The van der Waals surface area contributed by atoms with Crippen molar-refractivity contribution in [2.75, 3.05) is 19.6 Å². The van der Waals surface area contributed by atoms with Gasteiger partial charge in [-0.3, -0.25) is 4.79 Å². The van der Waals surface area contributed by atoms with Crippen molar-refractivity contribution in [3.05, 3.63) is 51.7 Å². The summed E-state index contributed by atoms with van der Waals surface area (Å²) in [5, 5.41) is 2.51. The number of hydrogen-bond acceptors (Lipinski definition) is 4. The fourth-order valence-electron chi connectivity index (χ4n) is 2.67. The molecule has 1 aromatic heterocycles. The number of aromatic nitrogens is 1. The number of carbonyl (C=O) groups excluding carboxylic acids is 1. The van der Waals surface area contributed by atoms with E-state index in [9.17, 15) is 9.18 Å². The first kappa shape index (κ1) is 15.1. The van der Waals surface area contributed by atoms with Crippen LogP contribution in [-0.4, -0.2) is 35.4 Å². The maximum absolute atomic E-state index is 13.7. The third-order valence-electron chi connectivity index (χ3n) is 3.98. The zero-order chi connectivity index (χ0) is 15.5. The summed E-state index contributed by atoms with van der Waals surface area (Å²) in [5.74, 6) is 0.100. The topological polar surface area (TPSA) is 59.2 Å². The minimum absolute atomic E-state index is 0.0491. The van der Waals surface area contributed by atoms with E-state index >= 15 is 0 Å². The second-order valence-electron chi connectivity index (χ2n) is 5.54. The number of likely N-dealkylation sites (tertiary alicyclic amines) is 1. The minimum Gasteiger partial charge on any atom is -0.337 e. The van der Waals surface area contributed by atoms with Crippen LogP contribution >= 0.6 is 11.3 Å². The van der Waals surface area contributed by atoms with Crippen molar-refractivity contribution in [1.82, 2.24) is 9.88 Å². The van der Waals surface area contributed by atoms with Gasteiger partial charge < -0.3 is 10.6 Å². The fourth-order valence-corrected chi connectivity index (χ4v) is 3.46. The summed E-state index contributed by atoms with van der Waals surface area (Å²) in [6.45, 7) is 2.05. The van der Waals surface area contributed by atoms with Crippen LogP contribution in [0.4, 0.5) is 4.39 Å². The highest BCUT2D eigenvalue weighted by molar-refractivity contribution is 7.09. The average molecular weight is 319 g/mol. The number of amides is 1. The molecule has 2 aromatic rings. The molecule has 116 valence electrons. The van der Waals surface area contributed by atoms with Crippen molar-refractivity contribution >= 4 is 17.2 Å². The molecule has 1 amide bonds. The lowest BCUT2D eigenvalue weighted by molar-refractivity contribution is 0.0782. The summed E-state index contributed by atoms with van der Waals surface area (Å²) in [7, 11) is 0. The highest BCUT2D eigenvalue weighted by Gasteiger charge is 2.27. The number of thiazole rings is 1. The van der Waals surface area contributed by atoms with Crippen molar-refractivity contribution in [3.8, 4) is 0 Å². The van der Waals surface area contributed by atoms with E-state index in [0.29, 0.717) is 36.7 Å². The maximum atomic E-state index is 13.7. The van der Waals surface area contributed by atoms with Gasteiger partial charge in [0.25, 0.3) is 5.91 Å². The smallest absolute Gasteiger partial charge is 0.273 e. The van der Waals surface area contributed by atoms with E-state index in [4.69, 9.17) is 5.73 Å². The Morgan fingerprint density at radius 3 is 3.00 bits per heavy atom. The number of carbonyl (C=O) groups is 1. The Balaban J connectivity index is 1.69. The third-order valence-corrected chi connectivity index (χ3v) is 4.83. The first-order valence-electron chi connectivity index (χ1n) is 7.34. The van der Waals surface area contributed by atoms with Gasteiger partial charge in [0.05, 0.1) is 5.01 Å². The Kier molecular flexibility index (Phi) is 4.49. The Hall–Kier alpha value is -1.79. The number of benzene rings is 1. The molecule has 1 saturated heterocycles. The van der Waals surface area contributed by atoms with E-state index in [1.165, 1.54) is 17.4 Å². The summed E-state index contributed by atoms with van der Waals surface area (Å²) in [6, 6.07) is 6.64. The molecule has 6 heteroatoms. The normalized spacial score (nSPS) is 17.9. The Bertz CT molecular complexity index is 673. The molecule has 1 aromatic carbocycles. The van der Waals surface area contributed by atoms with E-state index in [0.717, 1.165) is 18.0 Å². The molecule has 1 unspecified atom stereocenters. The van der Waals surface area contributed by atoms with E-state index in [1.54, 1.807) is 28.5 Å². The predicted octanol–water partition coefficient (Wildman–Crippen LogP) is 2.29. The second kappa shape index (κ2) is 6.54. The van der Waals surface area contributed by atoms with Gasteiger partial charge in [0.2, 0.25) is 0 Å². The van der Waals surface area contributed by atoms with Crippen LogP contribution in [0.25, 0.3) is 0 Å². The number of rotatable bonds is 4. The van der Waals surface area contributed by atoms with Gasteiger partial charge in [0.1, 0.15) is 11.5 Å². The quantitative estimate of drug-likeness (QED) is 0.940. The number of nitrogens with two attached hydrogens (primary N) is 1. The van der Waals surface area contributed by atoms with E-state index in [2.05, 4.69) is 4.98 Å². The van der Waals surface area contributed by atoms with Crippen LogP contribution in [0.1, 0.15) is 27.5 Å². The van der Waals surface area contributed by atoms with Crippen LogP contribution in [0, 0.1) is 11.7 Å². The molecule has 0 spiro atoms. The van der Waals surface area contributed by atoms with Crippen LogP contribution in [0.3, 0.4) is 0 Å². The molecule has 3 rings (SSSR count). The first-order chi connectivity index (χ1) is 10.7. The molecule has 1 atom stereocenters. The molecule has 0 bridgehead atoms. The molecule has 0 radical (unpaired) electrons. The third kappa shape index (κ3) is 3.18. The van der Waals surface area contributed by atoms with Crippen molar-refractivity contribution in [3.63, 3.8) is 0 Å². The molecule has 2 N–H and O–H groups in total. The Morgan fingerprint density at radius 1 is 1.45 bits per heavy atom. The molecule has 0 saturated carbocycles. The van der Waals surface area contributed by atoms with Gasteiger partial charge in [-0.25, -0.2) is 9.37 Å². The van der Waals surface area contributed by atoms with Gasteiger partial charge in [0.15, 0.2) is 0 Å². The van der Waals surface area contributed by atoms with Crippen molar-refractivity contribution in [2.24, 2.45) is 11.7 Å². The van der Waals surface area contributed by atoms with Gasteiger partial charge >= 0.3 is 0 Å². The van der Waals surface area contributed by atoms with Gasteiger partial charge in [0, 0.05) is 24.9 Å². The molecule has 0 aliphatic carbocycles. The Morgan fingerprint density at radius 2 is 2.27 bits per heavy atom. The zero-order valence-corrected chi connectivity index (χ0v) is 13.0. The second-order valence-corrected chi connectivity index (χ2v) is 6.48. The summed E-state index contributed by atoms with van der Waals surface area (Å²) >= 11 is 1.40. The highest BCUT2D eigenvalue weighted by atomic mass is 32.1. The predicted molar refractivity (Wildman–Crippen MR) is 84.4 cm³/mol. The van der Waals surface area contributed by atoms with Crippen molar-refractivity contribution in [1.29, 1.82) is 0 Å². The number of hydrogen-bond donors (Lipinski definition) is 1. The molecule has 4 nitrogen and oxygen atoms in total. The van der Waals surface area contributed by atoms with E-state index < -0.39 is 0 Å². The Labute approximate surface area is 132 Å². The summed E-state index contributed by atoms with van der Waals surface area (Å²) in [6.07, 6.45) is 1.37. The molecule has 1 aliphatic heterocycles.